The second-order valence-corrected chi connectivity index (χ2v) is 4.67. The summed E-state index contributed by atoms with van der Waals surface area (Å²) in [6.07, 6.45) is 6.46. The molecule has 1 heterocycles. The van der Waals surface area contributed by atoms with Crippen molar-refractivity contribution in [2.24, 2.45) is 0 Å². The highest BCUT2D eigenvalue weighted by Crippen LogP contribution is 2.32. The summed E-state index contributed by atoms with van der Waals surface area (Å²) in [5, 5.41) is 10.4. The van der Waals surface area contributed by atoms with Crippen LogP contribution in [0.15, 0.2) is 30.3 Å². The minimum absolute atomic E-state index is 0.178. The zero-order valence-corrected chi connectivity index (χ0v) is 9.34. The maximum absolute atomic E-state index is 10.4. The molecule has 0 saturated carbocycles. The number of fused-ring (bicyclic) bond motifs is 1. The third-order valence-corrected chi connectivity index (χ3v) is 3.67. The van der Waals surface area contributed by atoms with Gasteiger partial charge >= 0.3 is 0 Å². The molecule has 1 aliphatic heterocycles. The number of nitrogens with zero attached hydrogens (tertiary/aromatic N) is 1. The quantitative estimate of drug-likeness (QED) is 0.776. The number of likely N-dealkylation sites (tertiary alicyclic amines) is 1. The topological polar surface area (TPSA) is 23.5 Å². The van der Waals surface area contributed by atoms with Crippen LogP contribution < -0.4 is 0 Å². The minimum Gasteiger partial charge on any atom is -0.386 e. The van der Waals surface area contributed by atoms with Crippen molar-refractivity contribution >= 4 is 6.08 Å². The Kier molecular flexibility index (Phi) is 2.54. The van der Waals surface area contributed by atoms with Crippen molar-refractivity contribution in [3.63, 3.8) is 0 Å². The van der Waals surface area contributed by atoms with Crippen LogP contribution in [-0.2, 0) is 0 Å². The van der Waals surface area contributed by atoms with Gasteiger partial charge < -0.3 is 5.11 Å². The van der Waals surface area contributed by atoms with Crippen LogP contribution in [0.1, 0.15) is 30.1 Å². The van der Waals surface area contributed by atoms with Gasteiger partial charge in [0.1, 0.15) is 0 Å². The van der Waals surface area contributed by atoms with Gasteiger partial charge in [0.15, 0.2) is 0 Å². The highest BCUT2D eigenvalue weighted by Gasteiger charge is 2.30. The molecule has 1 saturated heterocycles. The molecular weight excluding hydrogens is 198 g/mol. The number of aliphatic hydroxyl groups excluding tert-OH is 1. The SMILES string of the molecule is O[C@@H]1c2ccccc2C=C[C@H]1N1CCCC1. The van der Waals surface area contributed by atoms with Gasteiger partial charge in [-0.05, 0) is 37.1 Å². The molecule has 0 bridgehead atoms. The van der Waals surface area contributed by atoms with Gasteiger partial charge in [0, 0.05) is 0 Å². The van der Waals surface area contributed by atoms with Crippen LogP contribution in [-0.4, -0.2) is 29.1 Å². The Morgan fingerprint density at radius 1 is 1.12 bits per heavy atom. The maximum atomic E-state index is 10.4. The smallest absolute Gasteiger partial charge is 0.0986 e. The van der Waals surface area contributed by atoms with Crippen LogP contribution in [0.25, 0.3) is 6.08 Å². The molecule has 2 heteroatoms. The molecule has 1 aromatic rings. The first-order chi connectivity index (χ1) is 7.86. The number of aliphatic hydroxyl groups is 1. The zero-order valence-electron chi connectivity index (χ0n) is 9.34. The molecule has 2 atom stereocenters. The average Bonchev–Trinajstić information content (AvgIpc) is 2.83. The van der Waals surface area contributed by atoms with Gasteiger partial charge in [-0.25, -0.2) is 0 Å². The van der Waals surface area contributed by atoms with E-state index in [-0.39, 0.29) is 12.1 Å². The third kappa shape index (κ3) is 1.58. The first-order valence-corrected chi connectivity index (χ1v) is 6.05. The van der Waals surface area contributed by atoms with E-state index < -0.39 is 0 Å². The number of hydrogen-bond donors (Lipinski definition) is 1. The van der Waals surface area contributed by atoms with Crippen LogP contribution in [0.2, 0.25) is 0 Å². The van der Waals surface area contributed by atoms with Crippen LogP contribution in [0.5, 0.6) is 0 Å². The van der Waals surface area contributed by atoms with E-state index in [1.54, 1.807) is 0 Å². The maximum Gasteiger partial charge on any atom is 0.0986 e. The monoisotopic (exact) mass is 215 g/mol. The van der Waals surface area contributed by atoms with Crippen LogP contribution in [0.4, 0.5) is 0 Å². The fourth-order valence-corrected chi connectivity index (χ4v) is 2.78. The van der Waals surface area contributed by atoms with E-state index in [9.17, 15) is 5.11 Å². The Balaban J connectivity index is 1.91. The van der Waals surface area contributed by atoms with Gasteiger partial charge in [0.05, 0.1) is 12.1 Å². The molecule has 1 N–H and O–H groups in total. The van der Waals surface area contributed by atoms with E-state index in [1.165, 1.54) is 12.8 Å². The summed E-state index contributed by atoms with van der Waals surface area (Å²) in [5.41, 5.74) is 2.23. The predicted octanol–water partition coefficient (Wildman–Crippen LogP) is 2.21. The largest absolute Gasteiger partial charge is 0.386 e. The summed E-state index contributed by atoms with van der Waals surface area (Å²) in [4.78, 5) is 2.39. The lowest BCUT2D eigenvalue weighted by Crippen LogP contribution is -2.37. The second kappa shape index (κ2) is 4.04. The van der Waals surface area contributed by atoms with Gasteiger partial charge in [0.2, 0.25) is 0 Å². The van der Waals surface area contributed by atoms with Gasteiger partial charge in [0.25, 0.3) is 0 Å². The molecular formula is C14H17NO. The van der Waals surface area contributed by atoms with Crippen LogP contribution in [0, 0.1) is 0 Å². The van der Waals surface area contributed by atoms with Crippen molar-refractivity contribution in [3.8, 4) is 0 Å². The summed E-state index contributed by atoms with van der Waals surface area (Å²) in [5.74, 6) is 0. The molecule has 2 aliphatic rings. The van der Waals surface area contributed by atoms with Crippen molar-refractivity contribution in [2.75, 3.05) is 13.1 Å². The molecule has 0 unspecified atom stereocenters. The highest BCUT2D eigenvalue weighted by molar-refractivity contribution is 5.58. The van der Waals surface area contributed by atoms with Gasteiger partial charge in [-0.15, -0.1) is 0 Å². The first-order valence-electron chi connectivity index (χ1n) is 6.05. The summed E-state index contributed by atoms with van der Waals surface area (Å²) in [7, 11) is 0. The van der Waals surface area contributed by atoms with Gasteiger partial charge in [-0.2, -0.15) is 0 Å². The van der Waals surface area contributed by atoms with Crippen molar-refractivity contribution in [1.29, 1.82) is 0 Å². The highest BCUT2D eigenvalue weighted by atomic mass is 16.3. The van der Waals surface area contributed by atoms with E-state index >= 15 is 0 Å². The fourth-order valence-electron chi connectivity index (χ4n) is 2.78. The standard InChI is InChI=1S/C14H17NO/c16-14-12-6-2-1-5-11(12)7-8-13(14)15-9-3-4-10-15/h1-2,5-8,13-14,16H,3-4,9-10H2/t13-,14-/m1/s1. The lowest BCUT2D eigenvalue weighted by atomic mass is 9.91. The molecule has 0 aromatic heterocycles. The molecule has 0 spiro atoms. The Hall–Kier alpha value is -1.12. The second-order valence-electron chi connectivity index (χ2n) is 4.67. The fraction of sp³-hybridized carbons (Fsp3) is 0.429. The van der Waals surface area contributed by atoms with E-state index in [4.69, 9.17) is 0 Å². The molecule has 84 valence electrons. The van der Waals surface area contributed by atoms with Crippen molar-refractivity contribution in [2.45, 2.75) is 25.0 Å². The van der Waals surface area contributed by atoms with E-state index in [0.717, 1.165) is 24.2 Å². The molecule has 1 fully saturated rings. The van der Waals surface area contributed by atoms with E-state index in [1.807, 2.05) is 18.2 Å². The molecule has 0 radical (unpaired) electrons. The third-order valence-electron chi connectivity index (χ3n) is 3.67. The average molecular weight is 215 g/mol. The molecule has 1 aromatic carbocycles. The van der Waals surface area contributed by atoms with Crippen molar-refractivity contribution in [1.82, 2.24) is 4.90 Å². The van der Waals surface area contributed by atoms with Gasteiger partial charge in [-0.3, -0.25) is 4.90 Å². The number of rotatable bonds is 1. The Labute approximate surface area is 96.2 Å². The Bertz CT molecular complexity index is 407. The first kappa shape index (κ1) is 10.1. The number of hydrogen-bond acceptors (Lipinski definition) is 2. The van der Waals surface area contributed by atoms with Crippen molar-refractivity contribution in [3.05, 3.63) is 41.5 Å². The van der Waals surface area contributed by atoms with E-state index in [2.05, 4.69) is 23.1 Å². The van der Waals surface area contributed by atoms with Crippen LogP contribution in [0.3, 0.4) is 0 Å². The van der Waals surface area contributed by atoms with Crippen molar-refractivity contribution < 1.29 is 5.11 Å². The lowest BCUT2D eigenvalue weighted by Gasteiger charge is -2.32. The minimum atomic E-state index is -0.362. The number of benzene rings is 1. The molecule has 2 nitrogen and oxygen atoms in total. The summed E-state index contributed by atoms with van der Waals surface area (Å²) < 4.78 is 0. The summed E-state index contributed by atoms with van der Waals surface area (Å²) >= 11 is 0. The Morgan fingerprint density at radius 2 is 1.88 bits per heavy atom. The Morgan fingerprint density at radius 3 is 2.69 bits per heavy atom. The molecule has 1 aliphatic carbocycles. The zero-order chi connectivity index (χ0) is 11.0. The molecule has 3 rings (SSSR count). The predicted molar refractivity (Wildman–Crippen MR) is 65.0 cm³/mol. The molecule has 0 amide bonds. The van der Waals surface area contributed by atoms with E-state index in [0.29, 0.717) is 0 Å². The van der Waals surface area contributed by atoms with Gasteiger partial charge in [-0.1, -0.05) is 36.4 Å². The lowest BCUT2D eigenvalue weighted by molar-refractivity contribution is 0.0854. The summed E-state index contributed by atoms with van der Waals surface area (Å²) in [6, 6.07) is 8.30. The molecule has 16 heavy (non-hydrogen) atoms. The summed E-state index contributed by atoms with van der Waals surface area (Å²) in [6.45, 7) is 2.24. The van der Waals surface area contributed by atoms with Crippen LogP contribution >= 0.6 is 0 Å². The normalized spacial score (nSPS) is 29.3.